The number of aromatic nitrogens is 1. The Labute approximate surface area is 172 Å². The average molecular weight is 424 g/mol. The molecule has 0 saturated carbocycles. The van der Waals surface area contributed by atoms with E-state index in [-0.39, 0.29) is 17.3 Å². The van der Waals surface area contributed by atoms with Crippen molar-refractivity contribution in [1.82, 2.24) is 5.16 Å². The van der Waals surface area contributed by atoms with Crippen LogP contribution in [0.3, 0.4) is 0 Å². The standard InChI is InChI=1S/C22H17FN2O4S/c23-17-8-10-18(11-9-17)28-14-20-21(15-6-12-19(13-7-15)30(24,26)27)22(25-29-20)16-4-2-1-3-5-16/h1-13H,14H2,(H2,24,26,27). The number of ether oxygens (including phenoxy) is 1. The molecule has 6 nitrogen and oxygen atoms in total. The lowest BCUT2D eigenvalue weighted by atomic mass is 9.99. The lowest BCUT2D eigenvalue weighted by molar-refractivity contribution is 0.250. The first-order chi connectivity index (χ1) is 14.4. The van der Waals surface area contributed by atoms with Gasteiger partial charge in [0.15, 0.2) is 5.76 Å². The van der Waals surface area contributed by atoms with Gasteiger partial charge in [0.1, 0.15) is 23.9 Å². The van der Waals surface area contributed by atoms with E-state index >= 15 is 0 Å². The summed E-state index contributed by atoms with van der Waals surface area (Å²) in [4.78, 5) is 0.00748. The molecule has 3 aromatic carbocycles. The summed E-state index contributed by atoms with van der Waals surface area (Å²) >= 11 is 0. The van der Waals surface area contributed by atoms with E-state index < -0.39 is 10.0 Å². The number of hydrogen-bond donors (Lipinski definition) is 1. The van der Waals surface area contributed by atoms with Crippen LogP contribution in [0.4, 0.5) is 4.39 Å². The summed E-state index contributed by atoms with van der Waals surface area (Å²) in [6.07, 6.45) is 0. The maximum Gasteiger partial charge on any atom is 0.238 e. The molecule has 0 fully saturated rings. The molecule has 0 aliphatic carbocycles. The van der Waals surface area contributed by atoms with Gasteiger partial charge in [-0.15, -0.1) is 0 Å². The van der Waals surface area contributed by atoms with Gasteiger partial charge in [-0.25, -0.2) is 17.9 Å². The molecule has 152 valence electrons. The minimum Gasteiger partial charge on any atom is -0.486 e. The summed E-state index contributed by atoms with van der Waals surface area (Å²) in [6, 6.07) is 21.2. The molecule has 1 heterocycles. The molecule has 0 aliphatic rings. The van der Waals surface area contributed by atoms with Gasteiger partial charge in [0.05, 0.1) is 10.5 Å². The maximum atomic E-state index is 13.1. The Hall–Kier alpha value is -3.49. The molecule has 4 rings (SSSR count). The molecule has 0 amide bonds. The van der Waals surface area contributed by atoms with E-state index in [0.717, 1.165) is 5.56 Å². The average Bonchev–Trinajstić information content (AvgIpc) is 3.17. The Kier molecular flexibility index (Phi) is 5.35. The summed E-state index contributed by atoms with van der Waals surface area (Å²) in [5.74, 6) is 0.565. The van der Waals surface area contributed by atoms with Crippen molar-refractivity contribution in [2.75, 3.05) is 0 Å². The van der Waals surface area contributed by atoms with Crippen molar-refractivity contribution in [2.45, 2.75) is 11.5 Å². The Morgan fingerprint density at radius 3 is 2.20 bits per heavy atom. The maximum absolute atomic E-state index is 13.1. The number of benzene rings is 3. The number of hydrogen-bond acceptors (Lipinski definition) is 5. The second-order valence-corrected chi connectivity index (χ2v) is 8.07. The highest BCUT2D eigenvalue weighted by Crippen LogP contribution is 2.35. The van der Waals surface area contributed by atoms with Gasteiger partial charge in [0.2, 0.25) is 10.0 Å². The Morgan fingerprint density at radius 1 is 0.900 bits per heavy atom. The van der Waals surface area contributed by atoms with Gasteiger partial charge < -0.3 is 9.26 Å². The number of halogens is 1. The van der Waals surface area contributed by atoms with E-state index in [4.69, 9.17) is 14.4 Å². The quantitative estimate of drug-likeness (QED) is 0.496. The summed E-state index contributed by atoms with van der Waals surface area (Å²) in [5, 5.41) is 9.40. The molecule has 0 radical (unpaired) electrons. The summed E-state index contributed by atoms with van der Waals surface area (Å²) in [5.41, 5.74) is 2.79. The van der Waals surface area contributed by atoms with Crippen LogP contribution in [0.15, 0.2) is 88.3 Å². The first-order valence-electron chi connectivity index (χ1n) is 8.97. The number of sulfonamides is 1. The van der Waals surface area contributed by atoms with Gasteiger partial charge in [-0.3, -0.25) is 0 Å². The van der Waals surface area contributed by atoms with Gasteiger partial charge in [-0.05, 0) is 42.0 Å². The van der Waals surface area contributed by atoms with Crippen LogP contribution in [0.2, 0.25) is 0 Å². The van der Waals surface area contributed by atoms with E-state index in [2.05, 4.69) is 5.16 Å². The summed E-state index contributed by atoms with van der Waals surface area (Å²) < 4.78 is 47.5. The first kappa shape index (κ1) is 19.8. The van der Waals surface area contributed by atoms with Crippen LogP contribution in [-0.2, 0) is 16.6 Å². The second kappa shape index (κ2) is 8.10. The largest absolute Gasteiger partial charge is 0.486 e. The zero-order valence-electron chi connectivity index (χ0n) is 15.7. The van der Waals surface area contributed by atoms with Gasteiger partial charge in [0, 0.05) is 5.56 Å². The van der Waals surface area contributed by atoms with Crippen LogP contribution < -0.4 is 9.88 Å². The zero-order chi connectivity index (χ0) is 21.1. The molecule has 2 N–H and O–H groups in total. The fourth-order valence-corrected chi connectivity index (χ4v) is 3.52. The van der Waals surface area contributed by atoms with Gasteiger partial charge >= 0.3 is 0 Å². The molecule has 4 aromatic rings. The van der Waals surface area contributed by atoms with E-state index in [1.165, 1.54) is 36.4 Å². The van der Waals surface area contributed by atoms with E-state index in [1.54, 1.807) is 12.1 Å². The van der Waals surface area contributed by atoms with Crippen molar-refractivity contribution < 1.29 is 22.1 Å². The first-order valence-corrected chi connectivity index (χ1v) is 10.5. The molecule has 8 heteroatoms. The number of nitrogens with two attached hydrogens (primary N) is 1. The third kappa shape index (κ3) is 4.24. The highest BCUT2D eigenvalue weighted by molar-refractivity contribution is 7.89. The third-order valence-electron chi connectivity index (χ3n) is 4.47. The molecule has 0 spiro atoms. The van der Waals surface area contributed by atoms with Gasteiger partial charge in [-0.1, -0.05) is 47.6 Å². The molecule has 0 saturated heterocycles. The van der Waals surface area contributed by atoms with Crippen molar-refractivity contribution in [3.8, 4) is 28.1 Å². The number of rotatable bonds is 6. The van der Waals surface area contributed by atoms with Gasteiger partial charge in [-0.2, -0.15) is 0 Å². The molecule has 0 bridgehead atoms. The van der Waals surface area contributed by atoms with Crippen LogP contribution >= 0.6 is 0 Å². The van der Waals surface area contributed by atoms with Crippen molar-refractivity contribution in [3.63, 3.8) is 0 Å². The lowest BCUT2D eigenvalue weighted by Crippen LogP contribution is -2.11. The number of primary sulfonamides is 1. The smallest absolute Gasteiger partial charge is 0.238 e. The normalized spacial score (nSPS) is 11.4. The third-order valence-corrected chi connectivity index (χ3v) is 5.39. The highest BCUT2D eigenvalue weighted by Gasteiger charge is 2.20. The molecule has 0 unspecified atom stereocenters. The highest BCUT2D eigenvalue weighted by atomic mass is 32.2. The molecular weight excluding hydrogens is 407 g/mol. The Bertz CT molecular complexity index is 1250. The van der Waals surface area contributed by atoms with Crippen molar-refractivity contribution in [2.24, 2.45) is 5.14 Å². The monoisotopic (exact) mass is 424 g/mol. The van der Waals surface area contributed by atoms with Gasteiger partial charge in [0.25, 0.3) is 0 Å². The van der Waals surface area contributed by atoms with Crippen LogP contribution in [0.5, 0.6) is 5.75 Å². The predicted octanol–water partition coefficient (Wildman–Crippen LogP) is 4.37. The predicted molar refractivity (Wildman–Crippen MR) is 109 cm³/mol. The fraction of sp³-hybridized carbons (Fsp3) is 0.0455. The molecule has 0 aliphatic heterocycles. The second-order valence-electron chi connectivity index (χ2n) is 6.51. The Balaban J connectivity index is 1.73. The van der Waals surface area contributed by atoms with Crippen molar-refractivity contribution in [1.29, 1.82) is 0 Å². The molecular formula is C22H17FN2O4S. The minimum atomic E-state index is -3.80. The minimum absolute atomic E-state index is 0.00748. The SMILES string of the molecule is NS(=O)(=O)c1ccc(-c2c(-c3ccccc3)noc2COc2ccc(F)cc2)cc1. The van der Waals surface area contributed by atoms with E-state index in [9.17, 15) is 12.8 Å². The number of nitrogens with zero attached hydrogens (tertiary/aromatic N) is 1. The molecule has 30 heavy (non-hydrogen) atoms. The molecule has 0 atom stereocenters. The van der Waals surface area contributed by atoms with Crippen LogP contribution in [0, 0.1) is 5.82 Å². The van der Waals surface area contributed by atoms with Crippen molar-refractivity contribution in [3.05, 3.63) is 90.4 Å². The van der Waals surface area contributed by atoms with E-state index in [0.29, 0.717) is 28.3 Å². The zero-order valence-corrected chi connectivity index (χ0v) is 16.5. The van der Waals surface area contributed by atoms with Crippen molar-refractivity contribution >= 4 is 10.0 Å². The summed E-state index contributed by atoms with van der Waals surface area (Å²) in [6.45, 7) is 0.0533. The van der Waals surface area contributed by atoms with E-state index in [1.807, 2.05) is 30.3 Å². The van der Waals surface area contributed by atoms with Crippen LogP contribution in [0.1, 0.15) is 5.76 Å². The summed E-state index contributed by atoms with van der Waals surface area (Å²) in [7, 11) is -3.80. The Morgan fingerprint density at radius 2 is 1.57 bits per heavy atom. The lowest BCUT2D eigenvalue weighted by Gasteiger charge is -2.08. The fourth-order valence-electron chi connectivity index (χ4n) is 3.00. The van der Waals surface area contributed by atoms with Crippen LogP contribution in [0.25, 0.3) is 22.4 Å². The molecule has 1 aromatic heterocycles. The van der Waals surface area contributed by atoms with Crippen LogP contribution in [-0.4, -0.2) is 13.6 Å². The topological polar surface area (TPSA) is 95.4 Å².